The fourth-order valence-electron chi connectivity index (χ4n) is 1.30. The summed E-state index contributed by atoms with van der Waals surface area (Å²) in [5, 5.41) is 12.1. The molecule has 0 fully saturated rings. The van der Waals surface area contributed by atoms with Crippen molar-refractivity contribution in [2.45, 2.75) is 18.0 Å². The van der Waals surface area contributed by atoms with Crippen LogP contribution in [0, 0.1) is 0 Å². The highest BCUT2D eigenvalue weighted by molar-refractivity contribution is 7.99. The molecule has 0 N–H and O–H groups in total. The SMILES string of the molecule is COC(=O)CCc1nnc2n(c1=O)N=CCS2. The van der Waals surface area contributed by atoms with Crippen molar-refractivity contribution in [3.63, 3.8) is 0 Å². The number of thioether (sulfide) groups is 1. The molecule has 1 aromatic heterocycles. The summed E-state index contributed by atoms with van der Waals surface area (Å²) in [7, 11) is 1.30. The van der Waals surface area contributed by atoms with Crippen LogP contribution >= 0.6 is 11.8 Å². The van der Waals surface area contributed by atoms with Crippen LogP contribution in [0.2, 0.25) is 0 Å². The summed E-state index contributed by atoms with van der Waals surface area (Å²) in [5.41, 5.74) is -0.110. The van der Waals surface area contributed by atoms with Gasteiger partial charge in [0.05, 0.1) is 13.5 Å². The van der Waals surface area contributed by atoms with E-state index in [9.17, 15) is 9.59 Å². The molecule has 90 valence electrons. The number of hydrogen-bond acceptors (Lipinski definition) is 7. The number of ether oxygens (including phenoxy) is 1. The quantitative estimate of drug-likeness (QED) is 0.687. The number of esters is 1. The Hall–Kier alpha value is -1.70. The van der Waals surface area contributed by atoms with Gasteiger partial charge in [0, 0.05) is 18.4 Å². The molecule has 0 unspecified atom stereocenters. The number of rotatable bonds is 3. The fourth-order valence-corrected chi connectivity index (χ4v) is 1.94. The van der Waals surface area contributed by atoms with E-state index in [1.807, 2.05) is 0 Å². The lowest BCUT2D eigenvalue weighted by molar-refractivity contribution is -0.140. The molecule has 1 aliphatic rings. The van der Waals surface area contributed by atoms with E-state index >= 15 is 0 Å². The van der Waals surface area contributed by atoms with Gasteiger partial charge >= 0.3 is 5.97 Å². The predicted octanol–water partition coefficient (Wildman–Crippen LogP) is -0.317. The van der Waals surface area contributed by atoms with Crippen molar-refractivity contribution in [2.24, 2.45) is 5.10 Å². The maximum absolute atomic E-state index is 11.9. The molecule has 0 saturated carbocycles. The van der Waals surface area contributed by atoms with Crippen LogP contribution in [0.1, 0.15) is 12.1 Å². The molecule has 2 rings (SSSR count). The lowest BCUT2D eigenvalue weighted by atomic mass is 10.2. The van der Waals surface area contributed by atoms with Gasteiger partial charge in [0.25, 0.3) is 5.56 Å². The van der Waals surface area contributed by atoms with Crippen molar-refractivity contribution >= 4 is 23.9 Å². The first-order chi connectivity index (χ1) is 8.22. The van der Waals surface area contributed by atoms with Crippen LogP contribution in [-0.2, 0) is 16.0 Å². The Labute approximate surface area is 101 Å². The minimum atomic E-state index is -0.383. The van der Waals surface area contributed by atoms with Gasteiger partial charge in [-0.05, 0) is 0 Å². The van der Waals surface area contributed by atoms with Crippen LogP contribution < -0.4 is 5.56 Å². The van der Waals surface area contributed by atoms with Crippen LogP contribution in [-0.4, -0.2) is 39.9 Å². The summed E-state index contributed by atoms with van der Waals surface area (Å²) in [5.74, 6) is 0.294. The molecular weight excluding hydrogens is 244 g/mol. The van der Waals surface area contributed by atoms with E-state index in [-0.39, 0.29) is 30.1 Å². The number of aromatic nitrogens is 3. The second-order valence-corrected chi connectivity index (χ2v) is 4.22. The normalized spacial score (nSPS) is 13.2. The van der Waals surface area contributed by atoms with Gasteiger partial charge in [-0.2, -0.15) is 9.78 Å². The largest absolute Gasteiger partial charge is 0.469 e. The molecule has 0 aromatic carbocycles. The van der Waals surface area contributed by atoms with Crippen molar-refractivity contribution in [1.29, 1.82) is 0 Å². The van der Waals surface area contributed by atoms with E-state index in [0.29, 0.717) is 10.9 Å². The number of carbonyl (C=O) groups is 1. The molecule has 0 aliphatic carbocycles. The van der Waals surface area contributed by atoms with Gasteiger partial charge < -0.3 is 4.74 Å². The topological polar surface area (TPSA) is 86.4 Å². The first-order valence-corrected chi connectivity index (χ1v) is 5.92. The zero-order chi connectivity index (χ0) is 12.3. The Morgan fingerprint density at radius 1 is 1.59 bits per heavy atom. The summed E-state index contributed by atoms with van der Waals surface area (Å²) in [6, 6.07) is 0. The molecule has 17 heavy (non-hydrogen) atoms. The number of methoxy groups -OCH3 is 1. The zero-order valence-corrected chi connectivity index (χ0v) is 9.94. The van der Waals surface area contributed by atoms with E-state index in [4.69, 9.17) is 0 Å². The van der Waals surface area contributed by atoms with Crippen molar-refractivity contribution in [3.8, 4) is 0 Å². The van der Waals surface area contributed by atoms with Gasteiger partial charge in [-0.3, -0.25) is 9.59 Å². The number of carbonyl (C=O) groups excluding carboxylic acids is 1. The van der Waals surface area contributed by atoms with E-state index in [2.05, 4.69) is 20.0 Å². The number of nitrogens with zero attached hydrogens (tertiary/aromatic N) is 4. The summed E-state index contributed by atoms with van der Waals surface area (Å²) in [6.45, 7) is 0. The number of aryl methyl sites for hydroxylation is 1. The molecule has 0 amide bonds. The highest BCUT2D eigenvalue weighted by Gasteiger charge is 2.15. The highest BCUT2D eigenvalue weighted by Crippen LogP contribution is 2.14. The zero-order valence-electron chi connectivity index (χ0n) is 9.12. The summed E-state index contributed by atoms with van der Waals surface area (Å²) in [6.07, 6.45) is 1.94. The Bertz CT molecular complexity index is 525. The lowest BCUT2D eigenvalue weighted by Crippen LogP contribution is -2.27. The summed E-state index contributed by atoms with van der Waals surface area (Å²) < 4.78 is 5.70. The van der Waals surface area contributed by atoms with Crippen LogP contribution in [0.5, 0.6) is 0 Å². The molecule has 0 spiro atoms. The standard InChI is InChI=1S/C9H10N4O3S/c1-16-7(14)3-2-6-8(15)13-9(12-11-6)17-5-4-10-13/h4H,2-3,5H2,1H3. The van der Waals surface area contributed by atoms with Gasteiger partial charge in [-0.15, -0.1) is 10.2 Å². The molecule has 0 atom stereocenters. The molecule has 1 aliphatic heterocycles. The molecule has 8 heteroatoms. The van der Waals surface area contributed by atoms with Gasteiger partial charge in [0.2, 0.25) is 5.16 Å². The Balaban J connectivity index is 2.23. The fraction of sp³-hybridized carbons (Fsp3) is 0.444. The third kappa shape index (κ3) is 2.52. The average Bonchev–Trinajstić information content (AvgIpc) is 2.38. The van der Waals surface area contributed by atoms with Crippen LogP contribution in [0.4, 0.5) is 0 Å². The van der Waals surface area contributed by atoms with E-state index < -0.39 is 0 Å². The average molecular weight is 254 g/mol. The van der Waals surface area contributed by atoms with Gasteiger partial charge in [0.15, 0.2) is 0 Å². The van der Waals surface area contributed by atoms with E-state index in [0.717, 1.165) is 0 Å². The van der Waals surface area contributed by atoms with Crippen LogP contribution in [0.15, 0.2) is 15.1 Å². The summed E-state index contributed by atoms with van der Waals surface area (Å²) >= 11 is 1.39. The molecule has 0 radical (unpaired) electrons. The minimum Gasteiger partial charge on any atom is -0.469 e. The molecule has 0 saturated heterocycles. The van der Waals surface area contributed by atoms with Crippen molar-refractivity contribution in [2.75, 3.05) is 12.9 Å². The minimum absolute atomic E-state index is 0.108. The monoisotopic (exact) mass is 254 g/mol. The second kappa shape index (κ2) is 5.09. The van der Waals surface area contributed by atoms with E-state index in [1.54, 1.807) is 6.21 Å². The van der Waals surface area contributed by atoms with Crippen LogP contribution in [0.3, 0.4) is 0 Å². The number of fused-ring (bicyclic) bond motifs is 1. The maximum Gasteiger partial charge on any atom is 0.305 e. The first-order valence-electron chi connectivity index (χ1n) is 4.93. The molecule has 7 nitrogen and oxygen atoms in total. The second-order valence-electron chi connectivity index (χ2n) is 3.23. The molecule has 1 aromatic rings. The first kappa shape index (κ1) is 11.8. The molecule has 2 heterocycles. The Morgan fingerprint density at radius 2 is 2.41 bits per heavy atom. The smallest absolute Gasteiger partial charge is 0.305 e. The highest BCUT2D eigenvalue weighted by atomic mass is 32.2. The van der Waals surface area contributed by atoms with Crippen LogP contribution in [0.25, 0.3) is 0 Å². The number of hydrogen-bond donors (Lipinski definition) is 0. The maximum atomic E-state index is 11.9. The third-order valence-electron chi connectivity index (χ3n) is 2.15. The lowest BCUT2D eigenvalue weighted by Gasteiger charge is -2.09. The van der Waals surface area contributed by atoms with E-state index in [1.165, 1.54) is 23.5 Å². The summed E-state index contributed by atoms with van der Waals surface area (Å²) in [4.78, 5) is 22.9. The Morgan fingerprint density at radius 3 is 3.18 bits per heavy atom. The predicted molar refractivity (Wildman–Crippen MR) is 61.2 cm³/mol. The van der Waals surface area contributed by atoms with Gasteiger partial charge in [-0.1, -0.05) is 11.8 Å². The van der Waals surface area contributed by atoms with Crippen molar-refractivity contribution < 1.29 is 9.53 Å². The van der Waals surface area contributed by atoms with Gasteiger partial charge in [0.1, 0.15) is 5.69 Å². The molecule has 0 bridgehead atoms. The molecular formula is C9H10N4O3S. The van der Waals surface area contributed by atoms with Crippen molar-refractivity contribution in [3.05, 3.63) is 16.0 Å². The van der Waals surface area contributed by atoms with Gasteiger partial charge in [-0.25, -0.2) is 0 Å². The Kier molecular flexibility index (Phi) is 3.52. The van der Waals surface area contributed by atoms with Crippen molar-refractivity contribution in [1.82, 2.24) is 14.9 Å². The third-order valence-corrected chi connectivity index (χ3v) is 2.98.